The summed E-state index contributed by atoms with van der Waals surface area (Å²) in [6, 6.07) is 6.44. The number of alkyl halides is 2. The summed E-state index contributed by atoms with van der Waals surface area (Å²) in [5.41, 5.74) is -0.323. The zero-order chi connectivity index (χ0) is 26.1. The van der Waals surface area contributed by atoms with Crippen molar-refractivity contribution in [1.82, 2.24) is 9.97 Å². The van der Waals surface area contributed by atoms with E-state index in [2.05, 4.69) is 22.2 Å². The number of aliphatic hydroxyl groups excluding tert-OH is 1. The van der Waals surface area contributed by atoms with E-state index in [0.29, 0.717) is 47.3 Å². The number of nitrogens with zero attached hydrogens (tertiary/aromatic N) is 2. The lowest BCUT2D eigenvalue weighted by molar-refractivity contribution is -0.0583. The van der Waals surface area contributed by atoms with Crippen LogP contribution in [0.2, 0.25) is 0 Å². The van der Waals surface area contributed by atoms with Gasteiger partial charge < -0.3 is 24.6 Å². The normalized spacial score (nSPS) is 15.6. The van der Waals surface area contributed by atoms with Crippen LogP contribution in [0.5, 0.6) is 11.5 Å². The summed E-state index contributed by atoms with van der Waals surface area (Å²) in [6.45, 7) is 4.68. The number of fused-ring (bicyclic) bond motifs is 1. The van der Waals surface area contributed by atoms with E-state index in [1.807, 2.05) is 0 Å². The van der Waals surface area contributed by atoms with E-state index in [1.165, 1.54) is 19.2 Å². The fraction of sp³-hybridized carbons (Fsp3) is 0.462. The number of hydrogen-bond acceptors (Lipinski definition) is 7. The van der Waals surface area contributed by atoms with Gasteiger partial charge in [0, 0.05) is 17.0 Å². The van der Waals surface area contributed by atoms with Crippen molar-refractivity contribution in [2.24, 2.45) is 0 Å². The maximum atomic E-state index is 15.0. The first kappa shape index (κ1) is 26.0. The lowest BCUT2D eigenvalue weighted by atomic mass is 10.00. The quantitative estimate of drug-likeness (QED) is 0.343. The average Bonchev–Trinajstić information content (AvgIpc) is 3.58. The molecule has 1 heterocycles. The molecular formula is C26H30F3N3O4. The van der Waals surface area contributed by atoms with Crippen LogP contribution in [0.1, 0.15) is 49.7 Å². The van der Waals surface area contributed by atoms with Crippen molar-refractivity contribution < 1.29 is 32.5 Å². The second kappa shape index (κ2) is 10.1. The first-order chi connectivity index (χ1) is 17.1. The molecule has 0 radical (unpaired) electrons. The lowest BCUT2D eigenvalue weighted by Crippen LogP contribution is -2.22. The van der Waals surface area contributed by atoms with Gasteiger partial charge in [-0.2, -0.15) is 8.78 Å². The Morgan fingerprint density at radius 3 is 2.58 bits per heavy atom. The number of hydrogen-bond donors (Lipinski definition) is 2. The smallest absolute Gasteiger partial charge is 0.298 e. The fourth-order valence-corrected chi connectivity index (χ4v) is 3.93. The highest BCUT2D eigenvalue weighted by Crippen LogP contribution is 2.39. The van der Waals surface area contributed by atoms with Crippen LogP contribution in [0.4, 0.5) is 19.0 Å². The molecule has 1 fully saturated rings. The molecule has 1 atom stereocenters. The molecule has 0 unspecified atom stereocenters. The van der Waals surface area contributed by atoms with Gasteiger partial charge in [-0.3, -0.25) is 0 Å². The highest BCUT2D eigenvalue weighted by atomic mass is 19.3. The van der Waals surface area contributed by atoms with Gasteiger partial charge in [-0.1, -0.05) is 12.1 Å². The number of benzene rings is 2. The van der Waals surface area contributed by atoms with E-state index in [9.17, 15) is 8.78 Å². The van der Waals surface area contributed by atoms with Gasteiger partial charge >= 0.3 is 0 Å². The summed E-state index contributed by atoms with van der Waals surface area (Å²) in [6.07, 6.45) is 2.08. The number of rotatable bonds is 11. The summed E-state index contributed by atoms with van der Waals surface area (Å²) < 4.78 is 60.3. The Kier molecular flexibility index (Phi) is 7.28. The Morgan fingerprint density at radius 2 is 1.92 bits per heavy atom. The molecular weight excluding hydrogens is 475 g/mol. The van der Waals surface area contributed by atoms with Gasteiger partial charge in [-0.15, -0.1) is 0 Å². The fourth-order valence-electron chi connectivity index (χ4n) is 3.93. The standard InChI is InChI=1S/C26H30F3N3O4/c1-15(17-6-5-7-19(23(17)27)26(28,29)14-33)30-24-18-12-22(35-10-11-36-25(3)8-9-25)21(34-4)13-20(18)31-16(2)32-24/h5-7,12-13,15,33H,8-11,14H2,1-4H3,(H,30,31,32)/t15-/m1/s1. The Hall–Kier alpha value is -3.11. The van der Waals surface area contributed by atoms with Gasteiger partial charge in [0.2, 0.25) is 0 Å². The molecule has 1 saturated carbocycles. The van der Waals surface area contributed by atoms with Crippen LogP contribution < -0.4 is 14.8 Å². The monoisotopic (exact) mass is 505 g/mol. The minimum Gasteiger partial charge on any atom is -0.493 e. The number of aliphatic hydroxyl groups is 1. The summed E-state index contributed by atoms with van der Waals surface area (Å²) in [7, 11) is 1.53. The molecule has 1 aromatic heterocycles. The number of halogens is 3. The molecule has 194 valence electrons. The summed E-state index contributed by atoms with van der Waals surface area (Å²) in [5, 5.41) is 12.7. The third-order valence-corrected chi connectivity index (χ3v) is 6.28. The van der Waals surface area contributed by atoms with Crippen molar-refractivity contribution in [2.75, 3.05) is 32.2 Å². The van der Waals surface area contributed by atoms with Gasteiger partial charge in [0.15, 0.2) is 11.5 Å². The SMILES string of the molecule is COc1cc2nc(C)nc(N[C@H](C)c3cccc(C(F)(F)CO)c3F)c2cc1OCCOC1(C)CC1. The average molecular weight is 506 g/mol. The Morgan fingerprint density at radius 1 is 1.17 bits per heavy atom. The van der Waals surface area contributed by atoms with E-state index in [-0.39, 0.29) is 11.2 Å². The van der Waals surface area contributed by atoms with E-state index in [4.69, 9.17) is 19.3 Å². The minimum atomic E-state index is -3.69. The Bertz CT molecular complexity index is 1250. The molecule has 10 heteroatoms. The molecule has 0 spiro atoms. The Labute approximate surface area is 207 Å². The molecule has 36 heavy (non-hydrogen) atoms. The predicted octanol–water partition coefficient (Wildman–Crippen LogP) is 5.29. The van der Waals surface area contributed by atoms with Crippen LogP contribution in [0.15, 0.2) is 30.3 Å². The number of nitrogens with one attached hydrogen (secondary N) is 1. The van der Waals surface area contributed by atoms with Crippen molar-refractivity contribution >= 4 is 16.7 Å². The molecule has 0 amide bonds. The van der Waals surface area contributed by atoms with Crippen molar-refractivity contribution in [3.63, 3.8) is 0 Å². The molecule has 3 aromatic rings. The third-order valence-electron chi connectivity index (χ3n) is 6.28. The van der Waals surface area contributed by atoms with E-state index < -0.39 is 30.0 Å². The van der Waals surface area contributed by atoms with Crippen LogP contribution in [0, 0.1) is 12.7 Å². The van der Waals surface area contributed by atoms with Crippen molar-refractivity contribution in [2.45, 2.75) is 51.2 Å². The molecule has 0 bridgehead atoms. The number of ether oxygens (including phenoxy) is 3. The molecule has 0 aliphatic heterocycles. The molecule has 2 aromatic carbocycles. The molecule has 7 nitrogen and oxygen atoms in total. The molecule has 2 N–H and O–H groups in total. The van der Waals surface area contributed by atoms with Gasteiger partial charge in [0.05, 0.1) is 36.4 Å². The minimum absolute atomic E-state index is 0.0146. The summed E-state index contributed by atoms with van der Waals surface area (Å²) >= 11 is 0. The highest BCUT2D eigenvalue weighted by Gasteiger charge is 2.38. The zero-order valence-corrected chi connectivity index (χ0v) is 20.7. The van der Waals surface area contributed by atoms with Crippen molar-refractivity contribution in [3.05, 3.63) is 53.1 Å². The molecule has 1 aliphatic rings. The zero-order valence-electron chi connectivity index (χ0n) is 20.7. The van der Waals surface area contributed by atoms with E-state index >= 15 is 4.39 Å². The van der Waals surface area contributed by atoms with Crippen molar-refractivity contribution in [3.8, 4) is 11.5 Å². The maximum absolute atomic E-state index is 15.0. The first-order valence-electron chi connectivity index (χ1n) is 11.7. The number of anilines is 1. The van der Waals surface area contributed by atoms with Gasteiger partial charge in [0.25, 0.3) is 5.92 Å². The van der Waals surface area contributed by atoms with Crippen LogP contribution in [0.25, 0.3) is 10.9 Å². The topological polar surface area (TPSA) is 85.7 Å². The number of aryl methyl sites for hydroxylation is 1. The predicted molar refractivity (Wildman–Crippen MR) is 129 cm³/mol. The molecule has 4 rings (SSSR count). The molecule has 1 aliphatic carbocycles. The van der Waals surface area contributed by atoms with Crippen LogP contribution in [-0.2, 0) is 10.7 Å². The maximum Gasteiger partial charge on any atom is 0.298 e. The van der Waals surface area contributed by atoms with Crippen molar-refractivity contribution in [1.29, 1.82) is 0 Å². The second-order valence-corrected chi connectivity index (χ2v) is 9.22. The van der Waals surface area contributed by atoms with E-state index in [1.54, 1.807) is 26.0 Å². The first-order valence-corrected chi connectivity index (χ1v) is 11.7. The lowest BCUT2D eigenvalue weighted by Gasteiger charge is -2.21. The second-order valence-electron chi connectivity index (χ2n) is 9.22. The van der Waals surface area contributed by atoms with E-state index in [0.717, 1.165) is 18.9 Å². The van der Waals surface area contributed by atoms with Gasteiger partial charge in [0.1, 0.15) is 30.7 Å². The van der Waals surface area contributed by atoms with Gasteiger partial charge in [-0.25, -0.2) is 14.4 Å². The third kappa shape index (κ3) is 5.49. The van der Waals surface area contributed by atoms with Crippen LogP contribution >= 0.6 is 0 Å². The highest BCUT2D eigenvalue weighted by molar-refractivity contribution is 5.92. The molecule has 0 saturated heterocycles. The Balaban J connectivity index is 1.63. The summed E-state index contributed by atoms with van der Waals surface area (Å²) in [4.78, 5) is 8.93. The largest absolute Gasteiger partial charge is 0.493 e. The number of methoxy groups -OCH3 is 1. The van der Waals surface area contributed by atoms with Gasteiger partial charge in [-0.05, 0) is 45.7 Å². The summed E-state index contributed by atoms with van der Waals surface area (Å²) in [5.74, 6) is -2.98. The number of aromatic nitrogens is 2. The van der Waals surface area contributed by atoms with Crippen LogP contribution in [-0.4, -0.2) is 47.6 Å². The van der Waals surface area contributed by atoms with Crippen LogP contribution in [0.3, 0.4) is 0 Å².